The third-order valence-electron chi connectivity index (χ3n) is 4.90. The second kappa shape index (κ2) is 9.53. The van der Waals surface area contributed by atoms with E-state index >= 15 is 0 Å². The SMILES string of the molecule is CCc1sc(C(=O)Nc2cc(S(=O)(=O)N(CC)c3ccccc3)ccc2OC)cc1C. The number of ether oxygens (including phenoxy) is 1. The molecule has 0 fully saturated rings. The molecule has 0 aliphatic heterocycles. The Morgan fingerprint density at radius 1 is 1.10 bits per heavy atom. The molecule has 3 aromatic rings. The van der Waals surface area contributed by atoms with Gasteiger partial charge in [-0.3, -0.25) is 9.10 Å². The average molecular weight is 459 g/mol. The minimum atomic E-state index is -3.83. The highest BCUT2D eigenvalue weighted by atomic mass is 32.2. The molecule has 0 atom stereocenters. The highest BCUT2D eigenvalue weighted by Crippen LogP contribution is 2.32. The number of sulfonamides is 1. The van der Waals surface area contributed by atoms with Crippen molar-refractivity contribution in [1.29, 1.82) is 0 Å². The molecule has 3 rings (SSSR count). The van der Waals surface area contributed by atoms with E-state index in [1.807, 2.05) is 26.0 Å². The topological polar surface area (TPSA) is 75.7 Å². The molecule has 0 spiro atoms. The number of benzene rings is 2. The number of nitrogens with one attached hydrogen (secondary N) is 1. The first-order chi connectivity index (χ1) is 14.8. The highest BCUT2D eigenvalue weighted by molar-refractivity contribution is 7.92. The van der Waals surface area contributed by atoms with Gasteiger partial charge in [0.25, 0.3) is 15.9 Å². The number of nitrogens with zero attached hydrogens (tertiary/aromatic N) is 1. The number of thiophene rings is 1. The smallest absolute Gasteiger partial charge is 0.265 e. The predicted molar refractivity (Wildman–Crippen MR) is 126 cm³/mol. The summed E-state index contributed by atoms with van der Waals surface area (Å²) in [6.07, 6.45) is 0.854. The van der Waals surface area contributed by atoms with Gasteiger partial charge >= 0.3 is 0 Å². The van der Waals surface area contributed by atoms with Crippen molar-refractivity contribution >= 4 is 38.6 Å². The first-order valence-electron chi connectivity index (χ1n) is 9.98. The maximum atomic E-state index is 13.3. The van der Waals surface area contributed by atoms with Crippen LogP contribution in [0.15, 0.2) is 59.5 Å². The molecule has 0 radical (unpaired) electrons. The summed E-state index contributed by atoms with van der Waals surface area (Å²) in [5.74, 6) is 0.0927. The fourth-order valence-corrected chi connectivity index (χ4v) is 5.83. The van der Waals surface area contributed by atoms with Crippen molar-refractivity contribution in [1.82, 2.24) is 0 Å². The molecule has 0 unspecified atom stereocenters. The van der Waals surface area contributed by atoms with Crippen molar-refractivity contribution in [3.05, 3.63) is 69.9 Å². The average Bonchev–Trinajstić information content (AvgIpc) is 3.15. The van der Waals surface area contributed by atoms with Gasteiger partial charge in [0.1, 0.15) is 5.75 Å². The molecule has 8 heteroatoms. The van der Waals surface area contributed by atoms with Gasteiger partial charge in [-0.2, -0.15) is 0 Å². The van der Waals surface area contributed by atoms with Gasteiger partial charge in [-0.25, -0.2) is 8.42 Å². The lowest BCUT2D eigenvalue weighted by Crippen LogP contribution is -2.30. The van der Waals surface area contributed by atoms with E-state index in [4.69, 9.17) is 4.74 Å². The summed E-state index contributed by atoms with van der Waals surface area (Å²) >= 11 is 1.44. The number of amides is 1. The molecule has 1 aromatic heterocycles. The van der Waals surface area contributed by atoms with Crippen LogP contribution in [0.25, 0.3) is 0 Å². The number of carbonyl (C=O) groups is 1. The minimum absolute atomic E-state index is 0.0749. The van der Waals surface area contributed by atoms with E-state index < -0.39 is 10.0 Å². The second-order valence-corrected chi connectivity index (χ2v) is 9.89. The van der Waals surface area contributed by atoms with Crippen molar-refractivity contribution in [3.63, 3.8) is 0 Å². The van der Waals surface area contributed by atoms with Gasteiger partial charge in [-0.1, -0.05) is 25.1 Å². The Hall–Kier alpha value is -2.84. The van der Waals surface area contributed by atoms with Crippen LogP contribution < -0.4 is 14.4 Å². The quantitative estimate of drug-likeness (QED) is 0.510. The number of para-hydroxylation sites is 1. The third kappa shape index (κ3) is 4.75. The molecule has 1 heterocycles. The lowest BCUT2D eigenvalue weighted by atomic mass is 10.2. The number of rotatable bonds is 8. The number of methoxy groups -OCH3 is 1. The second-order valence-electron chi connectivity index (χ2n) is 6.89. The molecule has 0 saturated heterocycles. The molecule has 0 aliphatic rings. The van der Waals surface area contributed by atoms with Crippen molar-refractivity contribution < 1.29 is 17.9 Å². The summed E-state index contributed by atoms with van der Waals surface area (Å²) in [7, 11) is -2.35. The van der Waals surface area contributed by atoms with Crippen LogP contribution in [0.1, 0.15) is 34.0 Å². The van der Waals surface area contributed by atoms with Gasteiger partial charge in [-0.05, 0) is 62.2 Å². The summed E-state index contributed by atoms with van der Waals surface area (Å²) < 4.78 is 33.3. The van der Waals surface area contributed by atoms with E-state index in [1.165, 1.54) is 34.9 Å². The third-order valence-corrected chi connectivity index (χ3v) is 8.18. The molecule has 0 bridgehead atoms. The summed E-state index contributed by atoms with van der Waals surface area (Å²) in [5.41, 5.74) is 1.96. The maximum absolute atomic E-state index is 13.3. The standard InChI is InChI=1S/C23H26N2O4S2/c1-5-21-16(3)14-22(30-21)23(26)24-19-15-18(12-13-20(19)29-4)31(27,28)25(6-2)17-10-8-7-9-11-17/h7-15H,5-6H2,1-4H3,(H,24,26). The molecule has 2 aromatic carbocycles. The summed E-state index contributed by atoms with van der Waals surface area (Å²) in [4.78, 5) is 14.6. The summed E-state index contributed by atoms with van der Waals surface area (Å²) in [6.45, 7) is 6.07. The largest absolute Gasteiger partial charge is 0.495 e. The van der Waals surface area contributed by atoms with E-state index in [9.17, 15) is 13.2 Å². The first kappa shape index (κ1) is 22.8. The van der Waals surface area contributed by atoms with Crippen LogP contribution in [0.5, 0.6) is 5.75 Å². The molecule has 1 amide bonds. The highest BCUT2D eigenvalue weighted by Gasteiger charge is 2.25. The Kier molecular flexibility index (Phi) is 7.02. The van der Waals surface area contributed by atoms with Gasteiger partial charge in [0.2, 0.25) is 0 Å². The lowest BCUT2D eigenvalue weighted by Gasteiger charge is -2.23. The Morgan fingerprint density at radius 3 is 2.39 bits per heavy atom. The Balaban J connectivity index is 1.97. The molecular formula is C23H26N2O4S2. The number of hydrogen-bond acceptors (Lipinski definition) is 5. The fraction of sp³-hybridized carbons (Fsp3) is 0.261. The lowest BCUT2D eigenvalue weighted by molar-refractivity contribution is 0.103. The molecule has 1 N–H and O–H groups in total. The van der Waals surface area contributed by atoms with Gasteiger partial charge < -0.3 is 10.1 Å². The Morgan fingerprint density at radius 2 is 1.81 bits per heavy atom. The summed E-state index contributed by atoms with van der Waals surface area (Å²) in [5, 5.41) is 2.82. The molecule has 164 valence electrons. The zero-order chi connectivity index (χ0) is 22.6. The molecular weight excluding hydrogens is 432 g/mol. The van der Waals surface area contributed by atoms with Crippen molar-refractivity contribution in [2.75, 3.05) is 23.3 Å². The van der Waals surface area contributed by atoms with E-state index in [2.05, 4.69) is 5.32 Å². The number of anilines is 2. The van der Waals surface area contributed by atoms with Crippen LogP contribution in [0.4, 0.5) is 11.4 Å². The normalized spacial score (nSPS) is 11.2. The van der Waals surface area contributed by atoms with E-state index in [1.54, 1.807) is 37.3 Å². The van der Waals surface area contributed by atoms with Crippen molar-refractivity contribution in [2.24, 2.45) is 0 Å². The van der Waals surface area contributed by atoms with Crippen LogP contribution in [0, 0.1) is 6.92 Å². The van der Waals surface area contributed by atoms with E-state index in [-0.39, 0.29) is 17.3 Å². The molecule has 0 aliphatic carbocycles. The van der Waals surface area contributed by atoms with Crippen LogP contribution in [-0.4, -0.2) is 28.0 Å². The Bertz CT molecular complexity index is 1170. The Labute approximate surface area is 187 Å². The van der Waals surface area contributed by atoms with Crippen molar-refractivity contribution in [2.45, 2.75) is 32.1 Å². The van der Waals surface area contributed by atoms with Crippen LogP contribution in [-0.2, 0) is 16.4 Å². The molecule has 6 nitrogen and oxygen atoms in total. The number of carbonyl (C=O) groups excluding carboxylic acids is 1. The number of aryl methyl sites for hydroxylation is 2. The molecule has 31 heavy (non-hydrogen) atoms. The van der Waals surface area contributed by atoms with Gasteiger partial charge in [0.15, 0.2) is 0 Å². The predicted octanol–water partition coefficient (Wildman–Crippen LogP) is 5.10. The monoisotopic (exact) mass is 458 g/mol. The zero-order valence-corrected chi connectivity index (χ0v) is 19.6. The fourth-order valence-electron chi connectivity index (χ4n) is 3.32. The van der Waals surface area contributed by atoms with E-state index in [0.717, 1.165) is 16.9 Å². The zero-order valence-electron chi connectivity index (χ0n) is 18.0. The van der Waals surface area contributed by atoms with Gasteiger partial charge in [-0.15, -0.1) is 11.3 Å². The van der Waals surface area contributed by atoms with Crippen LogP contribution in [0.3, 0.4) is 0 Å². The minimum Gasteiger partial charge on any atom is -0.495 e. The van der Waals surface area contributed by atoms with Crippen LogP contribution in [0.2, 0.25) is 0 Å². The van der Waals surface area contributed by atoms with E-state index in [0.29, 0.717) is 22.0 Å². The maximum Gasteiger partial charge on any atom is 0.265 e. The summed E-state index contributed by atoms with van der Waals surface area (Å²) in [6, 6.07) is 15.2. The van der Waals surface area contributed by atoms with Gasteiger partial charge in [0, 0.05) is 11.4 Å². The van der Waals surface area contributed by atoms with Crippen LogP contribution >= 0.6 is 11.3 Å². The number of hydrogen-bond donors (Lipinski definition) is 1. The van der Waals surface area contributed by atoms with Gasteiger partial charge in [0.05, 0.1) is 28.3 Å². The first-order valence-corrected chi connectivity index (χ1v) is 12.2. The molecule has 0 saturated carbocycles. The van der Waals surface area contributed by atoms with Crippen molar-refractivity contribution in [3.8, 4) is 5.75 Å².